The summed E-state index contributed by atoms with van der Waals surface area (Å²) in [6, 6.07) is 20.1. The van der Waals surface area contributed by atoms with Crippen molar-refractivity contribution in [2.45, 2.75) is 19.1 Å². The number of nitro benzene ring substituents is 1. The van der Waals surface area contributed by atoms with Gasteiger partial charge in [0.25, 0.3) is 5.69 Å². The standard InChI is InChI=1S/C26H19N3O5.2H2/c30-24-20-11-16-7-8-17(29(31)32)12-23(16)28-26(20)34-25(24)21-13-27-22-9-6-15(10-19(21)22)14-33-18-4-2-1-3-5-18;;/h1-10,12-13,25,27-28H,11,14H2;2*1H. The Labute approximate surface area is 196 Å². The normalized spacial score (nSPS) is 16.6. The molecule has 34 heavy (non-hydrogen) atoms. The Morgan fingerprint density at radius 2 is 1.97 bits per heavy atom. The van der Waals surface area contributed by atoms with Crippen LogP contribution in [0.3, 0.4) is 0 Å². The minimum atomic E-state index is -0.791. The van der Waals surface area contributed by atoms with Gasteiger partial charge < -0.3 is 19.8 Å². The first kappa shape index (κ1) is 20.0. The van der Waals surface area contributed by atoms with Gasteiger partial charge in [0.15, 0.2) is 12.0 Å². The number of hydrogen-bond acceptors (Lipinski definition) is 6. The lowest BCUT2D eigenvalue weighted by Gasteiger charge is -2.18. The van der Waals surface area contributed by atoms with Crippen molar-refractivity contribution in [3.05, 3.63) is 111 Å². The lowest BCUT2D eigenvalue weighted by atomic mass is 9.94. The number of hydrogen-bond donors (Lipinski definition) is 2. The monoisotopic (exact) mass is 457 g/mol. The molecule has 0 radical (unpaired) electrons. The average Bonchev–Trinajstić information content (AvgIpc) is 3.41. The second-order valence-corrected chi connectivity index (χ2v) is 8.30. The number of nitro groups is 1. The number of H-pyrrole nitrogens is 1. The maximum atomic E-state index is 13.3. The molecule has 172 valence electrons. The van der Waals surface area contributed by atoms with E-state index >= 15 is 0 Å². The van der Waals surface area contributed by atoms with Crippen molar-refractivity contribution < 1.29 is 22.0 Å². The van der Waals surface area contributed by atoms with E-state index in [1.54, 1.807) is 12.3 Å². The van der Waals surface area contributed by atoms with Crippen LogP contribution in [0.15, 0.2) is 84.4 Å². The zero-order chi connectivity index (χ0) is 23.2. The molecule has 0 fully saturated rings. The number of ether oxygens (including phenoxy) is 2. The van der Waals surface area contributed by atoms with Crippen molar-refractivity contribution >= 4 is 28.1 Å². The molecular weight excluding hydrogens is 434 g/mol. The van der Waals surface area contributed by atoms with Gasteiger partial charge in [0.2, 0.25) is 5.78 Å². The second-order valence-electron chi connectivity index (χ2n) is 8.30. The molecule has 0 saturated heterocycles. The fourth-order valence-corrected chi connectivity index (χ4v) is 4.43. The Kier molecular flexibility index (Phi) is 4.58. The summed E-state index contributed by atoms with van der Waals surface area (Å²) in [7, 11) is 0. The Morgan fingerprint density at radius 1 is 1.12 bits per heavy atom. The lowest BCUT2D eigenvalue weighted by Crippen LogP contribution is -2.13. The van der Waals surface area contributed by atoms with E-state index in [-0.39, 0.29) is 14.3 Å². The number of aromatic nitrogens is 1. The molecule has 1 unspecified atom stereocenters. The Hall–Kier alpha value is -4.59. The predicted octanol–water partition coefficient (Wildman–Crippen LogP) is 5.67. The average molecular weight is 457 g/mol. The molecule has 1 atom stereocenters. The van der Waals surface area contributed by atoms with E-state index in [1.807, 2.05) is 48.5 Å². The van der Waals surface area contributed by atoms with Gasteiger partial charge in [-0.15, -0.1) is 0 Å². The Morgan fingerprint density at radius 3 is 2.79 bits per heavy atom. The summed E-state index contributed by atoms with van der Waals surface area (Å²) >= 11 is 0. The second kappa shape index (κ2) is 7.77. The number of nitrogens with zero attached hydrogens (tertiary/aromatic N) is 1. The van der Waals surface area contributed by atoms with E-state index in [2.05, 4.69) is 10.3 Å². The summed E-state index contributed by atoms with van der Waals surface area (Å²) in [5.41, 5.74) is 4.54. The molecule has 8 heteroatoms. The molecule has 6 rings (SSSR count). The zero-order valence-corrected chi connectivity index (χ0v) is 17.9. The van der Waals surface area contributed by atoms with Gasteiger partial charge in [0, 0.05) is 44.1 Å². The molecule has 0 amide bonds. The molecular formula is C26H23N3O5. The van der Waals surface area contributed by atoms with Gasteiger partial charge in [-0.2, -0.15) is 0 Å². The van der Waals surface area contributed by atoms with Crippen LogP contribution in [0.2, 0.25) is 0 Å². The highest BCUT2D eigenvalue weighted by Gasteiger charge is 2.40. The highest BCUT2D eigenvalue weighted by atomic mass is 16.6. The number of benzene rings is 3. The molecule has 0 saturated carbocycles. The third-order valence-electron chi connectivity index (χ3n) is 6.17. The molecule has 0 aliphatic carbocycles. The number of Topliss-reactive ketones (excluding diaryl/α,β-unsaturated/α-hetero) is 1. The van der Waals surface area contributed by atoms with Crippen LogP contribution in [-0.4, -0.2) is 15.7 Å². The zero-order valence-electron chi connectivity index (χ0n) is 17.9. The number of rotatable bonds is 5. The predicted molar refractivity (Wildman–Crippen MR) is 130 cm³/mol. The summed E-state index contributed by atoms with van der Waals surface area (Å²) < 4.78 is 11.9. The van der Waals surface area contributed by atoms with Crippen molar-refractivity contribution in [1.82, 2.24) is 4.98 Å². The maximum absolute atomic E-state index is 13.3. The van der Waals surface area contributed by atoms with Crippen LogP contribution in [-0.2, 0) is 22.6 Å². The summed E-state index contributed by atoms with van der Waals surface area (Å²) in [6.07, 6.45) is 1.37. The van der Waals surface area contributed by atoms with Crippen LogP contribution in [0.5, 0.6) is 5.75 Å². The number of fused-ring (bicyclic) bond motifs is 2. The number of aromatic amines is 1. The van der Waals surface area contributed by atoms with Crippen LogP contribution in [0.25, 0.3) is 10.9 Å². The number of ketones is 1. The SMILES string of the molecule is O=C1C2=C(Nc3cc([N+](=O)[O-])ccc3C2)OC1c1c[nH]c2ccc(COc3ccccc3)cc12.[HH].[HH]. The van der Waals surface area contributed by atoms with Crippen LogP contribution < -0.4 is 10.1 Å². The van der Waals surface area contributed by atoms with E-state index in [0.717, 1.165) is 33.3 Å². The number of carbonyl (C=O) groups excluding carboxylic acids is 1. The number of non-ortho nitro benzene ring substituents is 1. The fraction of sp³-hybridized carbons (Fsp3) is 0.115. The summed E-state index contributed by atoms with van der Waals surface area (Å²) in [5, 5.41) is 15.1. The molecule has 3 aromatic carbocycles. The smallest absolute Gasteiger partial charge is 0.271 e. The first-order chi connectivity index (χ1) is 16.6. The largest absolute Gasteiger partial charge is 0.489 e. The molecule has 8 nitrogen and oxygen atoms in total. The summed E-state index contributed by atoms with van der Waals surface area (Å²) in [5.74, 6) is 1.04. The van der Waals surface area contributed by atoms with E-state index in [4.69, 9.17) is 9.47 Å². The highest BCUT2D eigenvalue weighted by Crippen LogP contribution is 2.42. The van der Waals surface area contributed by atoms with Gasteiger partial charge in [0.1, 0.15) is 12.4 Å². The quantitative estimate of drug-likeness (QED) is 0.296. The van der Waals surface area contributed by atoms with Gasteiger partial charge in [-0.1, -0.05) is 24.3 Å². The maximum Gasteiger partial charge on any atom is 0.271 e. The molecule has 0 bridgehead atoms. The lowest BCUT2D eigenvalue weighted by molar-refractivity contribution is -0.384. The molecule has 2 aliphatic heterocycles. The first-order valence-electron chi connectivity index (χ1n) is 10.8. The van der Waals surface area contributed by atoms with Crippen molar-refractivity contribution in [1.29, 1.82) is 0 Å². The van der Waals surface area contributed by atoms with Gasteiger partial charge in [0.05, 0.1) is 16.2 Å². The number of anilines is 1. The minimum absolute atomic E-state index is 0. The highest BCUT2D eigenvalue weighted by molar-refractivity contribution is 6.05. The van der Waals surface area contributed by atoms with Crippen LogP contribution in [0, 0.1) is 10.1 Å². The Balaban J connectivity index is 0.00000152. The molecule has 4 aromatic rings. The molecule has 0 spiro atoms. The third kappa shape index (κ3) is 3.36. The van der Waals surface area contributed by atoms with E-state index in [1.165, 1.54) is 12.1 Å². The first-order valence-corrected chi connectivity index (χ1v) is 10.8. The third-order valence-corrected chi connectivity index (χ3v) is 6.17. The molecule has 2 aliphatic rings. The van der Waals surface area contributed by atoms with E-state index in [9.17, 15) is 14.9 Å². The van der Waals surface area contributed by atoms with Crippen LogP contribution in [0.4, 0.5) is 11.4 Å². The minimum Gasteiger partial charge on any atom is -0.489 e. The van der Waals surface area contributed by atoms with Gasteiger partial charge >= 0.3 is 0 Å². The number of para-hydroxylation sites is 1. The molecule has 1 aromatic heterocycles. The van der Waals surface area contributed by atoms with Gasteiger partial charge in [-0.05, 0) is 41.5 Å². The van der Waals surface area contributed by atoms with Gasteiger partial charge in [-0.3, -0.25) is 14.9 Å². The van der Waals surface area contributed by atoms with Crippen LogP contribution >= 0.6 is 0 Å². The van der Waals surface area contributed by atoms with Crippen molar-refractivity contribution in [2.24, 2.45) is 0 Å². The van der Waals surface area contributed by atoms with Crippen molar-refractivity contribution in [3.63, 3.8) is 0 Å². The molecule has 3 heterocycles. The van der Waals surface area contributed by atoms with Crippen molar-refractivity contribution in [2.75, 3.05) is 5.32 Å². The summed E-state index contributed by atoms with van der Waals surface area (Å²) in [6.45, 7) is 0.397. The number of nitrogens with one attached hydrogen (secondary N) is 2. The van der Waals surface area contributed by atoms with Crippen LogP contribution in [0.1, 0.15) is 25.6 Å². The summed E-state index contributed by atoms with van der Waals surface area (Å²) in [4.78, 5) is 27.2. The Bertz CT molecular complexity index is 1500. The number of carbonyl (C=O) groups is 1. The topological polar surface area (TPSA) is 106 Å². The van der Waals surface area contributed by atoms with Crippen molar-refractivity contribution in [3.8, 4) is 5.75 Å². The van der Waals surface area contributed by atoms with E-state index < -0.39 is 11.0 Å². The fourth-order valence-electron chi connectivity index (χ4n) is 4.43. The molecule has 2 N–H and O–H groups in total. The van der Waals surface area contributed by atoms with E-state index in [0.29, 0.717) is 30.2 Å². The van der Waals surface area contributed by atoms with Gasteiger partial charge in [-0.25, -0.2) is 0 Å².